The minimum absolute atomic E-state index is 0.0581. The average molecular weight is 874 g/mol. The van der Waals surface area contributed by atoms with Gasteiger partial charge in [-0.15, -0.1) is 4.68 Å². The van der Waals surface area contributed by atoms with Gasteiger partial charge in [-0.2, -0.15) is 22.8 Å². The lowest BCUT2D eigenvalue weighted by atomic mass is 10.1. The van der Waals surface area contributed by atoms with Gasteiger partial charge in [-0.3, -0.25) is 44.0 Å². The fourth-order valence-electron chi connectivity index (χ4n) is 7.90. The van der Waals surface area contributed by atoms with E-state index in [1.54, 1.807) is 44.6 Å². The van der Waals surface area contributed by atoms with Crippen molar-refractivity contribution >= 4 is 63.4 Å². The Morgan fingerprint density at radius 2 is 1.59 bits per heavy atom. The summed E-state index contributed by atoms with van der Waals surface area (Å²) in [6.07, 6.45) is -1.55. The van der Waals surface area contributed by atoms with E-state index in [2.05, 4.69) is 36.1 Å². The topological polar surface area (TPSA) is 257 Å². The molecule has 7 heterocycles. The molecule has 21 nitrogen and oxygen atoms in total. The lowest BCUT2D eigenvalue weighted by molar-refractivity contribution is -0.606. The molecule has 1 fully saturated rings. The molecular weight excluding hydrogens is 830 g/mol. The van der Waals surface area contributed by atoms with Crippen LogP contribution >= 0.6 is 0 Å². The van der Waals surface area contributed by atoms with Gasteiger partial charge in [-0.1, -0.05) is 12.2 Å². The molecule has 63 heavy (non-hydrogen) atoms. The van der Waals surface area contributed by atoms with Crippen LogP contribution in [0.4, 0.5) is 30.8 Å². The predicted octanol–water partition coefficient (Wildman–Crippen LogP) is 2.05. The Morgan fingerprint density at radius 3 is 2.29 bits per heavy atom. The number of alkyl halides is 3. The molecule has 1 unspecified atom stereocenters. The number of allylic oxidation sites excluding steroid dienone is 2. The Labute approximate surface area is 355 Å². The molecule has 1 saturated heterocycles. The Kier molecular flexibility index (Phi) is 11.2. The number of benzene rings is 1. The zero-order valence-corrected chi connectivity index (χ0v) is 34.7. The smallest absolute Gasteiger partial charge is 0.382 e. The molecule has 5 aromatic heterocycles. The second kappa shape index (κ2) is 16.6. The first-order chi connectivity index (χ1) is 30.1. The fraction of sp³-hybridized carbons (Fsp3) is 0.385. The second-order valence-corrected chi connectivity index (χ2v) is 14.9. The van der Waals surface area contributed by atoms with Crippen LogP contribution in [0.3, 0.4) is 0 Å². The number of fused-ring (bicyclic) bond motifs is 9. The van der Waals surface area contributed by atoms with E-state index in [0.29, 0.717) is 28.4 Å². The summed E-state index contributed by atoms with van der Waals surface area (Å²) in [6.45, 7) is 8.00. The number of halogens is 3. The van der Waals surface area contributed by atoms with Gasteiger partial charge in [-0.05, 0) is 39.0 Å². The largest absolute Gasteiger partial charge is 0.415 e. The number of nitrogens with zero attached hydrogens (tertiary/aromatic N) is 11. The van der Waals surface area contributed by atoms with Crippen LogP contribution in [0.1, 0.15) is 67.2 Å². The number of ether oxygens (including phenoxy) is 1. The van der Waals surface area contributed by atoms with Gasteiger partial charge < -0.3 is 26.1 Å². The summed E-state index contributed by atoms with van der Waals surface area (Å²) in [5.41, 5.74) is 14.0. The number of carbonyl (C=O) groups excluding carboxylic acids is 4. The highest BCUT2D eigenvalue weighted by atomic mass is 19.4. The van der Waals surface area contributed by atoms with Crippen molar-refractivity contribution in [1.82, 2.24) is 48.5 Å². The van der Waals surface area contributed by atoms with Crippen molar-refractivity contribution in [2.24, 2.45) is 11.5 Å². The molecule has 1 atom stereocenters. The third-order valence-corrected chi connectivity index (χ3v) is 10.8. The molecule has 2 aliphatic rings. The Balaban J connectivity index is 1.28. The van der Waals surface area contributed by atoms with Gasteiger partial charge in [0.25, 0.3) is 11.7 Å². The van der Waals surface area contributed by atoms with Gasteiger partial charge in [-0.25, -0.2) is 15.0 Å². The van der Waals surface area contributed by atoms with E-state index in [1.807, 2.05) is 13.8 Å². The molecular formula is C39H44F3N16O5+. The van der Waals surface area contributed by atoms with E-state index in [-0.39, 0.29) is 110 Å². The number of nitrogens with one attached hydrogen (secondary N) is 3. The highest BCUT2D eigenvalue weighted by Crippen LogP contribution is 2.31. The van der Waals surface area contributed by atoms with Crippen molar-refractivity contribution in [1.29, 1.82) is 0 Å². The Morgan fingerprint density at radius 1 is 0.921 bits per heavy atom. The van der Waals surface area contributed by atoms with Crippen LogP contribution in [0.2, 0.25) is 0 Å². The maximum absolute atomic E-state index is 14.7. The van der Waals surface area contributed by atoms with E-state index in [0.717, 1.165) is 0 Å². The lowest BCUT2D eigenvalue weighted by Crippen LogP contribution is -2.50. The zero-order valence-electron chi connectivity index (χ0n) is 34.7. The van der Waals surface area contributed by atoms with Gasteiger partial charge in [0.1, 0.15) is 12.1 Å². The predicted molar refractivity (Wildman–Crippen MR) is 220 cm³/mol. The van der Waals surface area contributed by atoms with Crippen LogP contribution in [0.15, 0.2) is 36.5 Å². The van der Waals surface area contributed by atoms with Crippen molar-refractivity contribution in [2.75, 3.05) is 48.7 Å². The molecule has 0 bridgehead atoms. The van der Waals surface area contributed by atoms with Crippen LogP contribution in [-0.4, -0.2) is 117 Å². The number of amides is 4. The maximum Gasteiger partial charge on any atom is 0.415 e. The molecule has 24 heteroatoms. The summed E-state index contributed by atoms with van der Waals surface area (Å²) in [5, 5.41) is 18.4. The molecule has 6 aromatic rings. The van der Waals surface area contributed by atoms with Crippen molar-refractivity contribution < 1.29 is 41.7 Å². The number of pyridine rings is 1. The van der Waals surface area contributed by atoms with E-state index < -0.39 is 35.9 Å². The minimum Gasteiger partial charge on any atom is -0.382 e. The van der Waals surface area contributed by atoms with E-state index in [4.69, 9.17) is 21.2 Å². The van der Waals surface area contributed by atoms with Crippen LogP contribution in [-0.2, 0) is 30.9 Å². The number of aryl methyl sites for hydroxylation is 4. The summed E-state index contributed by atoms with van der Waals surface area (Å²) in [4.78, 5) is 69.4. The maximum atomic E-state index is 14.7. The first-order valence-electron chi connectivity index (χ1n) is 20.1. The van der Waals surface area contributed by atoms with Gasteiger partial charge in [0.2, 0.25) is 23.7 Å². The fourth-order valence-corrected chi connectivity index (χ4v) is 7.90. The average Bonchev–Trinajstić information content (AvgIpc) is 3.97. The highest BCUT2D eigenvalue weighted by molar-refractivity contribution is 6.07. The van der Waals surface area contributed by atoms with E-state index >= 15 is 0 Å². The first-order valence-corrected chi connectivity index (χ1v) is 20.1. The summed E-state index contributed by atoms with van der Waals surface area (Å²) >= 11 is 0. The molecule has 4 amide bonds. The van der Waals surface area contributed by atoms with Crippen LogP contribution in [0.5, 0.6) is 0 Å². The van der Waals surface area contributed by atoms with E-state index in [1.165, 1.54) is 33.8 Å². The molecule has 7 N–H and O–H groups in total. The third kappa shape index (κ3) is 7.93. The quantitative estimate of drug-likeness (QED) is 0.109. The standard InChI is InChI=1S/C39H43F3N16O5/c1-5-56-30-28(20(3)51-56)58-21(4)52-57(6-2)36(58)35(62)50-38-48-26-17-23(32(44)60)18-46-33(26)55(38)11-8-7-10-54-29-24(45-9-12-53-13-14-63-27(19-53)39(40,41)42)15-22(31(43)59)16-25(29)47-37(54)49-34(30)61/h7-8,15-18,27,45H,5-6,9-14,19H2,1-4H3,(H5-,43,44,47,48,49,50,59,60,61,62)/p+1/b8-7+. The number of carbonyl (C=O) groups is 4. The number of hydrogen-bond donors (Lipinski definition) is 5. The summed E-state index contributed by atoms with van der Waals surface area (Å²) in [7, 11) is 0. The van der Waals surface area contributed by atoms with Crippen LogP contribution < -0.4 is 32.0 Å². The number of hydrogen-bond acceptors (Lipinski definition) is 12. The number of primary amides is 2. The second-order valence-electron chi connectivity index (χ2n) is 14.9. The first kappa shape index (κ1) is 42.5. The summed E-state index contributed by atoms with van der Waals surface area (Å²) in [6, 6.07) is 4.49. The van der Waals surface area contributed by atoms with E-state index in [9.17, 15) is 32.3 Å². The summed E-state index contributed by atoms with van der Waals surface area (Å²) < 4.78 is 53.3. The summed E-state index contributed by atoms with van der Waals surface area (Å²) in [5.74, 6) is -2.12. The number of rotatable bonds is 8. The minimum atomic E-state index is -4.51. The van der Waals surface area contributed by atoms with Crippen LogP contribution in [0.25, 0.3) is 27.9 Å². The van der Waals surface area contributed by atoms with Crippen LogP contribution in [0, 0.1) is 13.8 Å². The Bertz CT molecular complexity index is 2850. The molecule has 1 aromatic carbocycles. The van der Waals surface area contributed by atoms with Crippen molar-refractivity contribution in [3.63, 3.8) is 0 Å². The van der Waals surface area contributed by atoms with Crippen molar-refractivity contribution in [3.8, 4) is 5.69 Å². The SMILES string of the molecule is CCn1nc(C)c2c1C(=O)Nc1nc3cc(C(N)=O)cc(NCCN4CCOC(C(F)(F)F)C4)c3n1C/C=C/Cn1c(nc3cc(C(N)=O)cnc31)NC(=O)c1n(CC)nc(C)[n+]1-2. The number of imidazole rings is 2. The van der Waals surface area contributed by atoms with Crippen molar-refractivity contribution in [3.05, 3.63) is 70.7 Å². The molecule has 0 saturated carbocycles. The van der Waals surface area contributed by atoms with Crippen molar-refractivity contribution in [2.45, 2.75) is 66.2 Å². The number of aromatic nitrogens is 10. The molecule has 2 aliphatic heterocycles. The molecule has 0 aliphatic carbocycles. The molecule has 0 radical (unpaired) electrons. The van der Waals surface area contributed by atoms with Gasteiger partial charge >= 0.3 is 17.9 Å². The number of anilines is 3. The van der Waals surface area contributed by atoms with Gasteiger partial charge in [0.15, 0.2) is 23.1 Å². The van der Waals surface area contributed by atoms with Gasteiger partial charge in [0, 0.05) is 69.6 Å². The monoisotopic (exact) mass is 873 g/mol. The zero-order chi connectivity index (χ0) is 44.9. The third-order valence-electron chi connectivity index (χ3n) is 10.8. The molecule has 8 rings (SSSR count). The molecule has 0 spiro atoms. The number of morpholine rings is 1. The van der Waals surface area contributed by atoms with Gasteiger partial charge in [0.05, 0.1) is 34.6 Å². The molecule has 330 valence electrons. The number of nitrogens with two attached hydrogens (primary N) is 2. The highest BCUT2D eigenvalue weighted by Gasteiger charge is 2.43. The lowest BCUT2D eigenvalue weighted by Gasteiger charge is -2.33. The normalized spacial score (nSPS) is 16.8. The Hall–Kier alpha value is -7.21.